The Morgan fingerprint density at radius 1 is 1.21 bits per heavy atom. The summed E-state index contributed by atoms with van der Waals surface area (Å²) in [5.74, 6) is 0.467. The average molecular weight is 186 g/mol. The molecule has 3 heteroatoms. The number of benzene rings is 1. The summed E-state index contributed by atoms with van der Waals surface area (Å²) in [5, 5.41) is 4.00. The molecule has 0 spiro atoms. The normalized spacial score (nSPS) is 13.4. The first-order valence-electron chi connectivity index (χ1n) is 4.68. The molecule has 1 aromatic heterocycles. The van der Waals surface area contributed by atoms with Crippen LogP contribution in [-0.2, 0) is 12.8 Å². The molecular weight excluding hydrogens is 176 g/mol. The summed E-state index contributed by atoms with van der Waals surface area (Å²) in [6, 6.07) is 8.25. The molecule has 0 aliphatic heterocycles. The first-order valence-corrected chi connectivity index (χ1v) is 4.68. The van der Waals surface area contributed by atoms with E-state index in [-0.39, 0.29) is 0 Å². The summed E-state index contributed by atoms with van der Waals surface area (Å²) in [5.41, 5.74) is 10.2. The Morgan fingerprint density at radius 2 is 2.07 bits per heavy atom. The van der Waals surface area contributed by atoms with Gasteiger partial charge in [-0.05, 0) is 18.4 Å². The highest BCUT2D eigenvalue weighted by molar-refractivity contribution is 5.72. The lowest BCUT2D eigenvalue weighted by atomic mass is 9.90. The fourth-order valence-corrected chi connectivity index (χ4v) is 2.00. The van der Waals surface area contributed by atoms with Gasteiger partial charge in [-0.25, -0.2) is 0 Å². The molecule has 1 aliphatic carbocycles. The van der Waals surface area contributed by atoms with Crippen molar-refractivity contribution in [1.82, 2.24) is 5.16 Å². The third kappa shape index (κ3) is 0.894. The molecule has 0 atom stereocenters. The smallest absolute Gasteiger partial charge is 0.225 e. The van der Waals surface area contributed by atoms with Gasteiger partial charge in [0.25, 0.3) is 0 Å². The molecule has 2 aromatic rings. The molecule has 1 aromatic carbocycles. The molecule has 0 saturated carbocycles. The van der Waals surface area contributed by atoms with Crippen LogP contribution in [0.1, 0.15) is 11.1 Å². The van der Waals surface area contributed by atoms with Crippen molar-refractivity contribution in [2.24, 2.45) is 0 Å². The Morgan fingerprint density at radius 3 is 3.00 bits per heavy atom. The molecular formula is C11H10N2O. The van der Waals surface area contributed by atoms with Crippen LogP contribution >= 0.6 is 0 Å². The number of fused-ring (bicyclic) bond motifs is 3. The molecule has 3 nitrogen and oxygen atoms in total. The van der Waals surface area contributed by atoms with Crippen LogP contribution in [-0.4, -0.2) is 5.16 Å². The first-order chi connectivity index (χ1) is 6.86. The topological polar surface area (TPSA) is 52.0 Å². The van der Waals surface area contributed by atoms with Crippen molar-refractivity contribution >= 4 is 5.88 Å². The maximum Gasteiger partial charge on any atom is 0.225 e. The van der Waals surface area contributed by atoms with Crippen molar-refractivity contribution in [2.75, 3.05) is 5.73 Å². The van der Waals surface area contributed by atoms with E-state index in [2.05, 4.69) is 17.3 Å². The van der Waals surface area contributed by atoms with E-state index in [1.165, 1.54) is 5.56 Å². The molecule has 2 N–H and O–H groups in total. The zero-order valence-corrected chi connectivity index (χ0v) is 7.66. The fourth-order valence-electron chi connectivity index (χ4n) is 2.00. The van der Waals surface area contributed by atoms with Gasteiger partial charge >= 0.3 is 0 Å². The van der Waals surface area contributed by atoms with Gasteiger partial charge in [-0.3, -0.25) is 0 Å². The fraction of sp³-hybridized carbons (Fsp3) is 0.182. The predicted molar refractivity (Wildman–Crippen MR) is 53.8 cm³/mol. The zero-order valence-electron chi connectivity index (χ0n) is 7.66. The molecule has 1 heterocycles. The number of nitrogens with zero attached hydrogens (tertiary/aromatic N) is 1. The lowest BCUT2D eigenvalue weighted by Gasteiger charge is -2.13. The van der Waals surface area contributed by atoms with Crippen LogP contribution in [0.5, 0.6) is 0 Å². The van der Waals surface area contributed by atoms with Gasteiger partial charge in [-0.15, -0.1) is 0 Å². The highest BCUT2D eigenvalue weighted by atomic mass is 16.5. The number of aryl methyl sites for hydroxylation is 1. The maximum absolute atomic E-state index is 5.69. The van der Waals surface area contributed by atoms with E-state index in [1.807, 2.05) is 12.1 Å². The van der Waals surface area contributed by atoms with E-state index >= 15 is 0 Å². The largest absolute Gasteiger partial charge is 0.367 e. The number of hydrogen-bond acceptors (Lipinski definition) is 3. The van der Waals surface area contributed by atoms with E-state index in [9.17, 15) is 0 Å². The second-order valence-corrected chi connectivity index (χ2v) is 3.53. The third-order valence-electron chi connectivity index (χ3n) is 2.74. The van der Waals surface area contributed by atoms with Gasteiger partial charge in [-0.2, -0.15) is 0 Å². The summed E-state index contributed by atoms with van der Waals surface area (Å²) in [4.78, 5) is 0. The third-order valence-corrected chi connectivity index (χ3v) is 2.74. The number of nitrogen functional groups attached to an aromatic ring is 1. The lowest BCUT2D eigenvalue weighted by molar-refractivity contribution is 0.439. The Kier molecular flexibility index (Phi) is 1.42. The van der Waals surface area contributed by atoms with E-state index < -0.39 is 0 Å². The zero-order chi connectivity index (χ0) is 9.54. The molecule has 70 valence electrons. The number of aromatic nitrogens is 1. The maximum atomic E-state index is 5.69. The highest BCUT2D eigenvalue weighted by Gasteiger charge is 2.21. The molecule has 1 aliphatic rings. The van der Waals surface area contributed by atoms with Crippen LogP contribution in [0.25, 0.3) is 11.3 Å². The quantitative estimate of drug-likeness (QED) is 0.684. The SMILES string of the molecule is Nc1onc2c1CCc1ccccc1-2. The van der Waals surface area contributed by atoms with E-state index in [1.54, 1.807) is 0 Å². The van der Waals surface area contributed by atoms with Crippen LogP contribution in [0.3, 0.4) is 0 Å². The second-order valence-electron chi connectivity index (χ2n) is 3.53. The molecule has 0 bridgehead atoms. The molecule has 14 heavy (non-hydrogen) atoms. The number of rotatable bonds is 0. The summed E-state index contributed by atoms with van der Waals surface area (Å²) in [7, 11) is 0. The van der Waals surface area contributed by atoms with Crippen molar-refractivity contribution < 1.29 is 4.52 Å². The van der Waals surface area contributed by atoms with Crippen molar-refractivity contribution in [1.29, 1.82) is 0 Å². The second kappa shape index (κ2) is 2.61. The van der Waals surface area contributed by atoms with Gasteiger partial charge in [-0.1, -0.05) is 29.4 Å². The summed E-state index contributed by atoms with van der Waals surface area (Å²) >= 11 is 0. The predicted octanol–water partition coefficient (Wildman–Crippen LogP) is 2.02. The van der Waals surface area contributed by atoms with E-state index in [0.29, 0.717) is 5.88 Å². The van der Waals surface area contributed by atoms with Crippen LogP contribution in [0, 0.1) is 0 Å². The summed E-state index contributed by atoms with van der Waals surface area (Å²) in [6.07, 6.45) is 1.95. The Hall–Kier alpha value is -1.77. The molecule has 0 radical (unpaired) electrons. The van der Waals surface area contributed by atoms with Crippen LogP contribution in [0.15, 0.2) is 28.8 Å². The van der Waals surface area contributed by atoms with Gasteiger partial charge in [0.2, 0.25) is 5.88 Å². The molecule has 0 fully saturated rings. The first kappa shape index (κ1) is 7.62. The highest BCUT2D eigenvalue weighted by Crippen LogP contribution is 2.35. The van der Waals surface area contributed by atoms with Gasteiger partial charge in [0.1, 0.15) is 5.69 Å². The minimum absolute atomic E-state index is 0.467. The molecule has 0 amide bonds. The van der Waals surface area contributed by atoms with Crippen molar-refractivity contribution in [3.8, 4) is 11.3 Å². The number of anilines is 1. The van der Waals surface area contributed by atoms with Crippen molar-refractivity contribution in [3.63, 3.8) is 0 Å². The molecule has 0 unspecified atom stereocenters. The van der Waals surface area contributed by atoms with Crippen LogP contribution in [0.4, 0.5) is 5.88 Å². The number of hydrogen-bond donors (Lipinski definition) is 1. The minimum Gasteiger partial charge on any atom is -0.367 e. The van der Waals surface area contributed by atoms with Crippen molar-refractivity contribution in [2.45, 2.75) is 12.8 Å². The van der Waals surface area contributed by atoms with E-state index in [0.717, 1.165) is 29.7 Å². The lowest BCUT2D eigenvalue weighted by Crippen LogP contribution is -2.03. The Balaban J connectivity index is 2.29. The standard InChI is InChI=1S/C11H10N2O/c12-11-9-6-5-7-3-1-2-4-8(7)10(9)13-14-11/h1-4H,5-6,12H2. The minimum atomic E-state index is 0.467. The number of nitrogens with two attached hydrogens (primary N) is 1. The monoisotopic (exact) mass is 186 g/mol. The molecule has 3 rings (SSSR count). The van der Waals surface area contributed by atoms with Crippen LogP contribution in [0.2, 0.25) is 0 Å². The van der Waals surface area contributed by atoms with Crippen molar-refractivity contribution in [3.05, 3.63) is 35.4 Å². The van der Waals surface area contributed by atoms with Gasteiger partial charge in [0.05, 0.1) is 0 Å². The molecule has 0 saturated heterocycles. The average Bonchev–Trinajstić information content (AvgIpc) is 2.61. The van der Waals surface area contributed by atoms with E-state index in [4.69, 9.17) is 10.3 Å². The van der Waals surface area contributed by atoms with Gasteiger partial charge in [0.15, 0.2) is 0 Å². The Labute approximate surface area is 81.5 Å². The van der Waals surface area contributed by atoms with Gasteiger partial charge < -0.3 is 10.3 Å². The van der Waals surface area contributed by atoms with Crippen LogP contribution < -0.4 is 5.73 Å². The Bertz CT molecular complexity index is 488. The van der Waals surface area contributed by atoms with Gasteiger partial charge in [0, 0.05) is 11.1 Å². The summed E-state index contributed by atoms with van der Waals surface area (Å²) in [6.45, 7) is 0. The summed E-state index contributed by atoms with van der Waals surface area (Å²) < 4.78 is 5.00.